The molecule has 0 radical (unpaired) electrons. The maximum atomic E-state index is 13.4. The molecule has 1 N–H and O–H groups in total. The number of aliphatic imine (C=N–C) groups is 1. The highest BCUT2D eigenvalue weighted by atomic mass is 32.2. The Labute approximate surface area is 194 Å². The van der Waals surface area contributed by atoms with Crippen LogP contribution in [0.1, 0.15) is 24.0 Å². The van der Waals surface area contributed by atoms with Crippen molar-refractivity contribution in [2.75, 3.05) is 4.31 Å². The highest BCUT2D eigenvalue weighted by Gasteiger charge is 2.71. The number of hydrogen-bond acceptors (Lipinski definition) is 4. The number of sulfonamides is 1. The van der Waals surface area contributed by atoms with E-state index in [-0.39, 0.29) is 24.1 Å². The van der Waals surface area contributed by atoms with Crippen LogP contribution in [0.4, 0.5) is 36.4 Å². The minimum atomic E-state index is -6.13. The minimum absolute atomic E-state index is 0.172. The van der Waals surface area contributed by atoms with E-state index in [1.165, 1.54) is 0 Å². The summed E-state index contributed by atoms with van der Waals surface area (Å²) in [5.41, 5.74) is -7.28. The number of halogens is 7. The number of carbonyl (C=O) groups is 1. The fourth-order valence-corrected chi connectivity index (χ4v) is 5.56. The van der Waals surface area contributed by atoms with E-state index in [0.717, 1.165) is 24.3 Å². The summed E-state index contributed by atoms with van der Waals surface area (Å²) in [4.78, 5) is 14.6. The molecule has 190 valence electrons. The molecule has 1 aliphatic rings. The Morgan fingerprint density at radius 3 is 2.14 bits per heavy atom. The molecule has 1 heterocycles. The van der Waals surface area contributed by atoms with Gasteiger partial charge >= 0.3 is 12.4 Å². The third-order valence-electron chi connectivity index (χ3n) is 5.59. The summed E-state index contributed by atoms with van der Waals surface area (Å²) in [6, 6.07) is 3.89. The number of amides is 1. The van der Waals surface area contributed by atoms with Crippen LogP contribution < -0.4 is 4.31 Å². The van der Waals surface area contributed by atoms with Gasteiger partial charge in [0, 0.05) is 5.56 Å². The average Bonchev–Trinajstić information content (AvgIpc) is 2.76. The number of rotatable bonds is 5. The lowest BCUT2D eigenvalue weighted by molar-refractivity contribution is -0.376. The summed E-state index contributed by atoms with van der Waals surface area (Å²) < 4.78 is 121. The highest BCUT2D eigenvalue weighted by molar-refractivity contribution is 7.92. The van der Waals surface area contributed by atoms with Crippen molar-refractivity contribution < 1.29 is 49.1 Å². The van der Waals surface area contributed by atoms with Gasteiger partial charge in [-0.25, -0.2) is 17.8 Å². The van der Waals surface area contributed by atoms with E-state index < -0.39 is 62.6 Å². The molecule has 0 unspecified atom stereocenters. The first-order chi connectivity index (χ1) is 16.0. The number of aliphatic hydroxyl groups is 1. The van der Waals surface area contributed by atoms with Crippen molar-refractivity contribution >= 4 is 28.3 Å². The van der Waals surface area contributed by atoms with E-state index in [2.05, 4.69) is 11.7 Å². The third kappa shape index (κ3) is 4.63. The van der Waals surface area contributed by atoms with E-state index in [1.807, 2.05) is 0 Å². The first-order valence-electron chi connectivity index (χ1n) is 9.83. The summed E-state index contributed by atoms with van der Waals surface area (Å²) in [6.45, 7) is 3.06. The second kappa shape index (κ2) is 8.90. The van der Waals surface area contributed by atoms with Crippen LogP contribution in [0, 0.1) is 5.82 Å². The SMILES string of the molecule is C=NC(=O)C[C@@H]1CCc2cc(C(O)(C(F)(F)F)C(F)(F)F)ccc2N1S(=O)(=O)c1ccc(F)cc1. The molecular weight excluding hydrogens is 509 g/mol. The van der Waals surface area contributed by atoms with Gasteiger partial charge in [-0.2, -0.15) is 26.3 Å². The number of aryl methyl sites for hydroxylation is 1. The third-order valence-corrected chi connectivity index (χ3v) is 7.47. The number of anilines is 1. The molecule has 0 saturated heterocycles. The fourth-order valence-electron chi connectivity index (χ4n) is 3.85. The zero-order valence-electron chi connectivity index (χ0n) is 17.6. The standard InChI is InChI=1S/C21H17F7N2O4S/c1-29-18(31)11-15-6-2-12-10-13(19(32,20(23,24)25)21(26,27)28)3-9-17(12)30(15)35(33,34)16-7-4-14(22)5-8-16/h3-5,7-10,15,32H,1-2,6,11H2/t15-/m0/s1. The smallest absolute Gasteiger partial charge is 0.369 e. The number of nitrogens with zero attached hydrogens (tertiary/aromatic N) is 2. The molecule has 0 saturated carbocycles. The van der Waals surface area contributed by atoms with Gasteiger partial charge in [-0.05, 0) is 55.5 Å². The average molecular weight is 526 g/mol. The molecule has 3 rings (SSSR count). The molecule has 1 atom stereocenters. The van der Waals surface area contributed by atoms with Gasteiger partial charge in [-0.3, -0.25) is 9.10 Å². The molecule has 0 spiro atoms. The minimum Gasteiger partial charge on any atom is -0.369 e. The Morgan fingerprint density at radius 2 is 1.63 bits per heavy atom. The molecule has 35 heavy (non-hydrogen) atoms. The Bertz CT molecular complexity index is 1230. The van der Waals surface area contributed by atoms with Crippen molar-refractivity contribution in [2.24, 2.45) is 4.99 Å². The lowest BCUT2D eigenvalue weighted by atomic mass is 9.87. The summed E-state index contributed by atoms with van der Waals surface area (Å²) in [5, 5.41) is 9.71. The van der Waals surface area contributed by atoms with Crippen LogP contribution in [0.5, 0.6) is 0 Å². The van der Waals surface area contributed by atoms with Crippen LogP contribution >= 0.6 is 0 Å². The first kappa shape index (κ1) is 26.6. The Balaban J connectivity index is 2.20. The monoisotopic (exact) mass is 526 g/mol. The molecule has 1 aliphatic heterocycles. The number of benzene rings is 2. The lowest BCUT2D eigenvalue weighted by Gasteiger charge is -2.39. The van der Waals surface area contributed by atoms with E-state index in [4.69, 9.17) is 0 Å². The molecule has 2 aromatic rings. The van der Waals surface area contributed by atoms with Crippen LogP contribution in [0.25, 0.3) is 0 Å². The van der Waals surface area contributed by atoms with Crippen LogP contribution in [-0.4, -0.2) is 44.5 Å². The van der Waals surface area contributed by atoms with Crippen molar-refractivity contribution in [2.45, 2.75) is 48.2 Å². The van der Waals surface area contributed by atoms with Crippen molar-refractivity contribution in [3.8, 4) is 0 Å². The molecule has 6 nitrogen and oxygen atoms in total. The normalized spacial score (nSPS) is 17.1. The van der Waals surface area contributed by atoms with Crippen LogP contribution in [0.15, 0.2) is 52.4 Å². The molecular formula is C21H17F7N2O4S. The maximum Gasteiger partial charge on any atom is 0.430 e. The molecule has 0 fully saturated rings. The second-order valence-corrected chi connectivity index (χ2v) is 9.57. The molecule has 0 aliphatic carbocycles. The zero-order valence-corrected chi connectivity index (χ0v) is 18.4. The van der Waals surface area contributed by atoms with Crippen LogP contribution in [0.3, 0.4) is 0 Å². The van der Waals surface area contributed by atoms with Gasteiger partial charge in [0.1, 0.15) is 5.82 Å². The van der Waals surface area contributed by atoms with Gasteiger partial charge in [0.05, 0.1) is 23.0 Å². The molecule has 0 aromatic heterocycles. The highest BCUT2D eigenvalue weighted by Crippen LogP contribution is 2.51. The van der Waals surface area contributed by atoms with Gasteiger partial charge in [-0.1, -0.05) is 12.1 Å². The number of hydrogen-bond donors (Lipinski definition) is 1. The Hall–Kier alpha value is -3.00. The molecule has 14 heteroatoms. The van der Waals surface area contributed by atoms with E-state index in [1.54, 1.807) is 0 Å². The first-order valence-corrected chi connectivity index (χ1v) is 11.3. The lowest BCUT2D eigenvalue weighted by Crippen LogP contribution is -2.54. The Kier molecular flexibility index (Phi) is 6.76. The number of carbonyl (C=O) groups excluding carboxylic acids is 1. The van der Waals surface area contributed by atoms with Gasteiger partial charge in [0.2, 0.25) is 5.91 Å². The fraction of sp³-hybridized carbons (Fsp3) is 0.333. The van der Waals surface area contributed by atoms with Gasteiger partial charge in [0.15, 0.2) is 0 Å². The number of fused-ring (bicyclic) bond motifs is 1. The van der Waals surface area contributed by atoms with Gasteiger partial charge in [0.25, 0.3) is 15.6 Å². The largest absolute Gasteiger partial charge is 0.430 e. The molecule has 1 amide bonds. The number of alkyl halides is 6. The molecule has 2 aromatic carbocycles. The van der Waals surface area contributed by atoms with E-state index in [9.17, 15) is 49.1 Å². The van der Waals surface area contributed by atoms with E-state index >= 15 is 0 Å². The van der Waals surface area contributed by atoms with Gasteiger partial charge in [-0.15, -0.1) is 0 Å². The van der Waals surface area contributed by atoms with Crippen molar-refractivity contribution in [3.63, 3.8) is 0 Å². The summed E-state index contributed by atoms with van der Waals surface area (Å²) in [7, 11) is -4.55. The molecule has 0 bridgehead atoms. The Morgan fingerprint density at radius 1 is 1.06 bits per heavy atom. The predicted octanol–water partition coefficient (Wildman–Crippen LogP) is 4.27. The van der Waals surface area contributed by atoms with Crippen molar-refractivity contribution in [3.05, 3.63) is 59.4 Å². The summed E-state index contributed by atoms with van der Waals surface area (Å²) in [6.07, 6.45) is -13.1. The summed E-state index contributed by atoms with van der Waals surface area (Å²) >= 11 is 0. The summed E-state index contributed by atoms with van der Waals surface area (Å²) in [5.74, 6) is -1.55. The van der Waals surface area contributed by atoms with Gasteiger partial charge < -0.3 is 5.11 Å². The van der Waals surface area contributed by atoms with E-state index in [0.29, 0.717) is 22.5 Å². The quantitative estimate of drug-likeness (QED) is 0.466. The van der Waals surface area contributed by atoms with Crippen LogP contribution in [0.2, 0.25) is 0 Å². The maximum absolute atomic E-state index is 13.4. The van der Waals surface area contributed by atoms with Crippen molar-refractivity contribution in [1.82, 2.24) is 0 Å². The second-order valence-electron chi connectivity index (χ2n) is 7.75. The topological polar surface area (TPSA) is 87.0 Å². The predicted molar refractivity (Wildman–Crippen MR) is 110 cm³/mol. The van der Waals surface area contributed by atoms with Crippen molar-refractivity contribution in [1.29, 1.82) is 0 Å². The zero-order chi connectivity index (χ0) is 26.4. The van der Waals surface area contributed by atoms with Crippen LogP contribution in [-0.2, 0) is 26.8 Å².